The number of nitrogens with one attached hydrogen (secondary N) is 2. The first-order chi connectivity index (χ1) is 14.1. The van der Waals surface area contributed by atoms with Gasteiger partial charge in [0.2, 0.25) is 11.9 Å². The molecule has 0 fully saturated rings. The van der Waals surface area contributed by atoms with Gasteiger partial charge in [-0.3, -0.25) is 4.79 Å². The van der Waals surface area contributed by atoms with E-state index in [4.69, 9.17) is 9.47 Å². The van der Waals surface area contributed by atoms with Gasteiger partial charge in [-0.05, 0) is 23.8 Å². The van der Waals surface area contributed by atoms with Crippen LogP contribution in [0.3, 0.4) is 0 Å². The van der Waals surface area contributed by atoms with Gasteiger partial charge >= 0.3 is 0 Å². The number of rotatable bonds is 5. The number of aromatic nitrogens is 2. The zero-order valence-corrected chi connectivity index (χ0v) is 16.0. The molecule has 0 spiro atoms. The highest BCUT2D eigenvalue weighted by molar-refractivity contribution is 6.00. The molecule has 8 heteroatoms. The van der Waals surface area contributed by atoms with Crippen LogP contribution in [-0.2, 0) is 17.8 Å². The van der Waals surface area contributed by atoms with E-state index in [1.54, 1.807) is 38.6 Å². The highest BCUT2D eigenvalue weighted by Gasteiger charge is 2.21. The minimum absolute atomic E-state index is 0.105. The third-order valence-corrected chi connectivity index (χ3v) is 4.65. The van der Waals surface area contributed by atoms with Crippen molar-refractivity contribution < 1.29 is 19.4 Å². The summed E-state index contributed by atoms with van der Waals surface area (Å²) >= 11 is 0. The Morgan fingerprint density at radius 3 is 2.72 bits per heavy atom. The summed E-state index contributed by atoms with van der Waals surface area (Å²) in [6.07, 6.45) is 1.83. The van der Waals surface area contributed by atoms with Gasteiger partial charge in [-0.15, -0.1) is 0 Å². The van der Waals surface area contributed by atoms with Gasteiger partial charge in [0.1, 0.15) is 0 Å². The number of carbonyl (C=O) groups excluding carboxylic acids is 1. The van der Waals surface area contributed by atoms with Crippen LogP contribution in [0.2, 0.25) is 0 Å². The van der Waals surface area contributed by atoms with Crippen LogP contribution in [0.25, 0.3) is 11.3 Å². The standard InChI is InChI=1S/C21H20N4O4/c1-28-17-6-4-14(9-18(17)29-2)23-21-22-10-13-8-19(27)24-16-7-12(11-26)3-5-15(16)20(13)25-21/h3-7,9-10,26H,8,11H2,1-2H3,(H,24,27)(H,22,23,25). The maximum Gasteiger partial charge on any atom is 0.228 e. The van der Waals surface area contributed by atoms with Crippen LogP contribution >= 0.6 is 0 Å². The topological polar surface area (TPSA) is 106 Å². The smallest absolute Gasteiger partial charge is 0.228 e. The minimum Gasteiger partial charge on any atom is -0.493 e. The lowest BCUT2D eigenvalue weighted by Crippen LogP contribution is -2.13. The maximum atomic E-state index is 12.2. The SMILES string of the molecule is COc1ccc(Nc2ncc3c(n2)-c2ccc(CO)cc2NC(=O)C3)cc1OC. The van der Waals surface area contributed by atoms with Crippen LogP contribution in [0.4, 0.5) is 17.3 Å². The molecule has 3 N–H and O–H groups in total. The highest BCUT2D eigenvalue weighted by Crippen LogP contribution is 2.35. The van der Waals surface area contributed by atoms with Crippen molar-refractivity contribution in [3.63, 3.8) is 0 Å². The molecule has 1 aliphatic rings. The Bertz CT molecular complexity index is 1080. The Kier molecular flexibility index (Phi) is 5.01. The van der Waals surface area contributed by atoms with Gasteiger partial charge in [-0.25, -0.2) is 9.97 Å². The second-order valence-electron chi connectivity index (χ2n) is 6.53. The number of nitrogens with zero attached hydrogens (tertiary/aromatic N) is 2. The van der Waals surface area contributed by atoms with Crippen LogP contribution in [0.5, 0.6) is 11.5 Å². The molecule has 0 radical (unpaired) electrons. The molecular weight excluding hydrogens is 372 g/mol. The third-order valence-electron chi connectivity index (χ3n) is 4.65. The Morgan fingerprint density at radius 2 is 1.97 bits per heavy atom. The van der Waals surface area contributed by atoms with Gasteiger partial charge in [-0.2, -0.15) is 0 Å². The average molecular weight is 392 g/mol. The number of hydrogen-bond donors (Lipinski definition) is 3. The van der Waals surface area contributed by atoms with Crippen molar-refractivity contribution in [2.45, 2.75) is 13.0 Å². The number of carbonyl (C=O) groups is 1. The van der Waals surface area contributed by atoms with E-state index in [-0.39, 0.29) is 18.9 Å². The summed E-state index contributed by atoms with van der Waals surface area (Å²) in [5, 5.41) is 15.4. The second-order valence-corrected chi connectivity index (χ2v) is 6.53. The quantitative estimate of drug-likeness (QED) is 0.613. The van der Waals surface area contributed by atoms with Crippen LogP contribution < -0.4 is 20.1 Å². The molecule has 148 valence electrons. The fourth-order valence-corrected chi connectivity index (χ4v) is 3.24. The number of anilines is 3. The van der Waals surface area contributed by atoms with Gasteiger partial charge in [-0.1, -0.05) is 12.1 Å². The van der Waals surface area contributed by atoms with Crippen molar-refractivity contribution in [2.24, 2.45) is 0 Å². The molecule has 0 atom stereocenters. The van der Waals surface area contributed by atoms with Crippen molar-refractivity contribution in [1.82, 2.24) is 9.97 Å². The van der Waals surface area contributed by atoms with Gasteiger partial charge in [0.15, 0.2) is 11.5 Å². The zero-order chi connectivity index (χ0) is 20.4. The number of amides is 1. The predicted molar refractivity (Wildman–Crippen MR) is 109 cm³/mol. The zero-order valence-electron chi connectivity index (χ0n) is 16.0. The normalized spacial score (nSPS) is 12.3. The van der Waals surface area contributed by atoms with E-state index >= 15 is 0 Å². The number of ether oxygens (including phenoxy) is 2. The molecule has 1 aromatic heterocycles. The van der Waals surface area contributed by atoms with Crippen molar-refractivity contribution in [3.8, 4) is 22.8 Å². The van der Waals surface area contributed by atoms with E-state index < -0.39 is 0 Å². The Labute approximate surface area is 167 Å². The lowest BCUT2D eigenvalue weighted by Gasteiger charge is -2.13. The van der Waals surface area contributed by atoms with Crippen LogP contribution in [0, 0.1) is 0 Å². The molecule has 0 aliphatic carbocycles. The summed E-state index contributed by atoms with van der Waals surface area (Å²) in [5.41, 5.74) is 4.25. The summed E-state index contributed by atoms with van der Waals surface area (Å²) in [5.74, 6) is 1.45. The molecule has 0 saturated carbocycles. The molecule has 8 nitrogen and oxygen atoms in total. The molecule has 1 amide bonds. The first kappa shape index (κ1) is 18.7. The van der Waals surface area contributed by atoms with Crippen LogP contribution in [-0.4, -0.2) is 35.2 Å². The predicted octanol–water partition coefficient (Wildman–Crippen LogP) is 2.89. The highest BCUT2D eigenvalue weighted by atomic mass is 16.5. The number of methoxy groups -OCH3 is 2. The van der Waals surface area contributed by atoms with E-state index in [1.807, 2.05) is 18.2 Å². The molecule has 0 saturated heterocycles. The Hall–Kier alpha value is -3.65. The van der Waals surface area contributed by atoms with Crippen molar-refractivity contribution in [2.75, 3.05) is 24.9 Å². The lowest BCUT2D eigenvalue weighted by molar-refractivity contribution is -0.115. The van der Waals surface area contributed by atoms with E-state index in [0.29, 0.717) is 34.4 Å². The van der Waals surface area contributed by atoms with Crippen LogP contribution in [0.15, 0.2) is 42.6 Å². The van der Waals surface area contributed by atoms with E-state index in [0.717, 1.165) is 16.8 Å². The number of hydrogen-bond acceptors (Lipinski definition) is 7. The Morgan fingerprint density at radius 1 is 1.14 bits per heavy atom. The van der Waals surface area contributed by atoms with Crippen molar-refractivity contribution in [1.29, 1.82) is 0 Å². The van der Waals surface area contributed by atoms with E-state index in [2.05, 4.69) is 20.6 Å². The van der Waals surface area contributed by atoms with Crippen molar-refractivity contribution in [3.05, 3.63) is 53.7 Å². The van der Waals surface area contributed by atoms with Crippen LogP contribution in [0.1, 0.15) is 11.1 Å². The summed E-state index contributed by atoms with van der Waals surface area (Å²) < 4.78 is 10.6. The molecule has 2 aromatic carbocycles. The number of benzene rings is 2. The fourth-order valence-electron chi connectivity index (χ4n) is 3.24. The lowest BCUT2D eigenvalue weighted by atomic mass is 10.0. The van der Waals surface area contributed by atoms with E-state index in [1.165, 1.54) is 0 Å². The second kappa shape index (κ2) is 7.76. The average Bonchev–Trinajstić information content (AvgIpc) is 2.88. The Balaban J connectivity index is 1.73. The first-order valence-electron chi connectivity index (χ1n) is 9.00. The van der Waals surface area contributed by atoms with Gasteiger partial charge in [0.05, 0.1) is 38.6 Å². The molecule has 0 unspecified atom stereocenters. The molecular formula is C21H20N4O4. The molecule has 1 aliphatic heterocycles. The summed E-state index contributed by atoms with van der Waals surface area (Å²) in [4.78, 5) is 21.2. The largest absolute Gasteiger partial charge is 0.493 e. The summed E-state index contributed by atoms with van der Waals surface area (Å²) in [6, 6.07) is 10.8. The van der Waals surface area contributed by atoms with E-state index in [9.17, 15) is 9.90 Å². The molecule has 0 bridgehead atoms. The first-order valence-corrected chi connectivity index (χ1v) is 9.00. The number of aliphatic hydroxyl groups excluding tert-OH is 1. The third kappa shape index (κ3) is 3.70. The van der Waals surface area contributed by atoms with Crippen molar-refractivity contribution >= 4 is 23.2 Å². The molecule has 29 heavy (non-hydrogen) atoms. The summed E-state index contributed by atoms with van der Waals surface area (Å²) in [7, 11) is 3.15. The fraction of sp³-hybridized carbons (Fsp3) is 0.190. The molecule has 3 aromatic rings. The van der Waals surface area contributed by atoms with Gasteiger partial charge in [0.25, 0.3) is 0 Å². The minimum atomic E-state index is -0.149. The van der Waals surface area contributed by atoms with Gasteiger partial charge in [0, 0.05) is 29.1 Å². The van der Waals surface area contributed by atoms with Gasteiger partial charge < -0.3 is 25.2 Å². The maximum absolute atomic E-state index is 12.2. The molecule has 4 rings (SSSR count). The number of aliphatic hydroxyl groups is 1. The monoisotopic (exact) mass is 392 g/mol. The molecule has 2 heterocycles. The summed E-state index contributed by atoms with van der Waals surface area (Å²) in [6.45, 7) is -0.105. The number of fused-ring (bicyclic) bond motifs is 3.